The highest BCUT2D eigenvalue weighted by Gasteiger charge is 2.39. The molecule has 2 N–H and O–H groups in total. The van der Waals surface area contributed by atoms with Gasteiger partial charge in [0.2, 0.25) is 0 Å². The fourth-order valence-corrected chi connectivity index (χ4v) is 5.09. The molecule has 1 aliphatic carbocycles. The largest absolute Gasteiger partial charge is 0.446 e. The van der Waals surface area contributed by atoms with Gasteiger partial charge in [-0.2, -0.15) is 0 Å². The van der Waals surface area contributed by atoms with Crippen molar-refractivity contribution in [2.75, 3.05) is 26.2 Å². The molecule has 4 heterocycles. The molecule has 1 saturated heterocycles. The summed E-state index contributed by atoms with van der Waals surface area (Å²) in [5.41, 5.74) is 2.54. The van der Waals surface area contributed by atoms with Gasteiger partial charge in [-0.25, -0.2) is 9.78 Å². The quantitative estimate of drug-likeness (QED) is 0.647. The second kappa shape index (κ2) is 8.22. The number of H-pyrrole nitrogens is 1. The summed E-state index contributed by atoms with van der Waals surface area (Å²) >= 11 is 0. The van der Waals surface area contributed by atoms with Crippen LogP contribution in [0.5, 0.6) is 0 Å². The third-order valence-electron chi connectivity index (χ3n) is 6.64. The maximum absolute atomic E-state index is 12.3. The van der Waals surface area contributed by atoms with Crippen molar-refractivity contribution in [1.82, 2.24) is 34.8 Å². The summed E-state index contributed by atoms with van der Waals surface area (Å²) in [7, 11) is 0. The standard InChI is InChI=1S/C21H29N7O2/c1-2-14-11-15(30-21(29)23-7-10-27-8-3-4-9-27)12-16(14)20-26-25-18-13-24-19-17(28(18)20)5-6-22-19/h5-6,13-16,22H,2-4,7-12H2,1H3,(H,23,29). The lowest BCUT2D eigenvalue weighted by molar-refractivity contribution is 0.0974. The van der Waals surface area contributed by atoms with Crippen molar-refractivity contribution in [2.24, 2.45) is 5.92 Å². The van der Waals surface area contributed by atoms with Crippen LogP contribution in [0.25, 0.3) is 16.8 Å². The summed E-state index contributed by atoms with van der Waals surface area (Å²) in [6.07, 6.45) is 8.38. The first-order chi connectivity index (χ1) is 14.7. The Labute approximate surface area is 175 Å². The molecule has 2 fully saturated rings. The molecule has 3 aromatic heterocycles. The molecular weight excluding hydrogens is 382 g/mol. The Morgan fingerprint density at radius 2 is 2.17 bits per heavy atom. The van der Waals surface area contributed by atoms with Gasteiger partial charge in [0.1, 0.15) is 11.9 Å². The van der Waals surface area contributed by atoms with Crippen molar-refractivity contribution in [2.45, 2.75) is 51.0 Å². The molecule has 0 aromatic carbocycles. The lowest BCUT2D eigenvalue weighted by Crippen LogP contribution is -2.35. The van der Waals surface area contributed by atoms with Crippen molar-refractivity contribution in [3.05, 3.63) is 24.3 Å². The number of hydrogen-bond acceptors (Lipinski definition) is 6. The number of carbonyl (C=O) groups is 1. The Hall–Kier alpha value is -2.68. The second-order valence-corrected chi connectivity index (χ2v) is 8.47. The maximum Gasteiger partial charge on any atom is 0.407 e. The van der Waals surface area contributed by atoms with Crippen LogP contribution >= 0.6 is 0 Å². The van der Waals surface area contributed by atoms with E-state index in [0.29, 0.717) is 12.5 Å². The van der Waals surface area contributed by atoms with Crippen LogP contribution in [0, 0.1) is 5.92 Å². The van der Waals surface area contributed by atoms with Gasteiger partial charge in [-0.05, 0) is 50.8 Å². The molecule has 5 rings (SSSR count). The summed E-state index contributed by atoms with van der Waals surface area (Å²) in [5, 5.41) is 11.8. The van der Waals surface area contributed by atoms with Crippen molar-refractivity contribution >= 4 is 22.9 Å². The third kappa shape index (κ3) is 3.62. The average Bonchev–Trinajstić information content (AvgIpc) is 3.52. The van der Waals surface area contributed by atoms with Crippen molar-refractivity contribution in [3.8, 4) is 0 Å². The van der Waals surface area contributed by atoms with E-state index in [-0.39, 0.29) is 18.1 Å². The maximum atomic E-state index is 12.3. The van der Waals surface area contributed by atoms with Crippen molar-refractivity contribution < 1.29 is 9.53 Å². The van der Waals surface area contributed by atoms with Gasteiger partial charge in [0.25, 0.3) is 0 Å². The second-order valence-electron chi connectivity index (χ2n) is 8.47. The van der Waals surface area contributed by atoms with E-state index < -0.39 is 0 Å². The molecule has 0 bridgehead atoms. The summed E-state index contributed by atoms with van der Waals surface area (Å²) in [6, 6.07) is 2.00. The molecule has 0 radical (unpaired) electrons. The minimum absolute atomic E-state index is 0.0948. The number of fused-ring (bicyclic) bond motifs is 3. The number of ether oxygens (including phenoxy) is 1. The summed E-state index contributed by atoms with van der Waals surface area (Å²) in [5.74, 6) is 1.54. The normalized spacial score (nSPS) is 24.8. The molecule has 9 heteroatoms. The number of amides is 1. The molecule has 1 saturated carbocycles. The van der Waals surface area contributed by atoms with Gasteiger partial charge in [0.15, 0.2) is 11.3 Å². The van der Waals surface area contributed by atoms with Crippen LogP contribution in [0.4, 0.5) is 4.79 Å². The van der Waals surface area contributed by atoms with Gasteiger partial charge in [-0.3, -0.25) is 4.40 Å². The van der Waals surface area contributed by atoms with Gasteiger partial charge < -0.3 is 19.9 Å². The molecule has 3 atom stereocenters. The zero-order valence-corrected chi connectivity index (χ0v) is 17.4. The number of likely N-dealkylation sites (tertiary alicyclic amines) is 1. The minimum Gasteiger partial charge on any atom is -0.446 e. The van der Waals surface area contributed by atoms with Crippen LogP contribution in [-0.4, -0.2) is 67.8 Å². The number of carbonyl (C=O) groups excluding carboxylic acids is 1. The lowest BCUT2D eigenvalue weighted by atomic mass is 9.93. The summed E-state index contributed by atoms with van der Waals surface area (Å²) < 4.78 is 7.86. The van der Waals surface area contributed by atoms with Gasteiger partial charge >= 0.3 is 6.09 Å². The van der Waals surface area contributed by atoms with Crippen LogP contribution in [-0.2, 0) is 4.74 Å². The van der Waals surface area contributed by atoms with E-state index in [2.05, 4.69) is 41.7 Å². The number of rotatable bonds is 6. The van der Waals surface area contributed by atoms with E-state index in [9.17, 15) is 4.79 Å². The number of nitrogens with one attached hydrogen (secondary N) is 2. The first kappa shape index (κ1) is 19.3. The number of alkyl carbamates (subject to hydrolysis) is 1. The zero-order chi connectivity index (χ0) is 20.5. The van der Waals surface area contributed by atoms with Crippen LogP contribution in [0.1, 0.15) is 50.8 Å². The first-order valence-electron chi connectivity index (χ1n) is 11.1. The number of nitrogens with zero attached hydrogens (tertiary/aromatic N) is 5. The number of aromatic nitrogens is 5. The van der Waals surface area contributed by atoms with Crippen LogP contribution in [0.2, 0.25) is 0 Å². The SMILES string of the molecule is CCC1CC(OC(=O)NCCN2CCCC2)CC1c1nnc2cnc3[nH]ccc3n12. The molecule has 3 unspecified atom stereocenters. The lowest BCUT2D eigenvalue weighted by Gasteiger charge is -2.16. The Morgan fingerprint density at radius 3 is 3.00 bits per heavy atom. The number of aromatic amines is 1. The van der Waals surface area contributed by atoms with Gasteiger partial charge in [0.05, 0.1) is 11.7 Å². The molecule has 3 aromatic rings. The summed E-state index contributed by atoms with van der Waals surface area (Å²) in [6.45, 7) is 5.99. The van der Waals surface area contributed by atoms with E-state index in [1.165, 1.54) is 12.8 Å². The van der Waals surface area contributed by atoms with Gasteiger partial charge in [-0.1, -0.05) is 13.3 Å². The predicted molar refractivity (Wildman–Crippen MR) is 112 cm³/mol. The Morgan fingerprint density at radius 1 is 1.30 bits per heavy atom. The minimum atomic E-state index is -0.307. The molecule has 160 valence electrons. The molecule has 2 aliphatic rings. The van der Waals surface area contributed by atoms with Crippen LogP contribution in [0.15, 0.2) is 18.5 Å². The fraction of sp³-hybridized carbons (Fsp3) is 0.619. The monoisotopic (exact) mass is 411 g/mol. The highest BCUT2D eigenvalue weighted by molar-refractivity contribution is 5.74. The van der Waals surface area contributed by atoms with E-state index in [0.717, 1.165) is 61.5 Å². The molecular formula is C21H29N7O2. The van der Waals surface area contributed by atoms with Crippen LogP contribution in [0.3, 0.4) is 0 Å². The molecule has 1 amide bonds. The predicted octanol–water partition coefficient (Wildman–Crippen LogP) is 2.70. The van der Waals surface area contributed by atoms with E-state index >= 15 is 0 Å². The van der Waals surface area contributed by atoms with Crippen molar-refractivity contribution in [3.63, 3.8) is 0 Å². The number of hydrogen-bond donors (Lipinski definition) is 2. The molecule has 9 nitrogen and oxygen atoms in total. The average molecular weight is 412 g/mol. The van der Waals surface area contributed by atoms with Crippen molar-refractivity contribution in [1.29, 1.82) is 0 Å². The first-order valence-corrected chi connectivity index (χ1v) is 11.1. The molecule has 1 aliphatic heterocycles. The van der Waals surface area contributed by atoms with Gasteiger partial charge in [0, 0.05) is 25.2 Å². The van der Waals surface area contributed by atoms with E-state index in [4.69, 9.17) is 4.74 Å². The van der Waals surface area contributed by atoms with Crippen LogP contribution < -0.4 is 5.32 Å². The third-order valence-corrected chi connectivity index (χ3v) is 6.64. The Bertz CT molecular complexity index is 1020. The topological polar surface area (TPSA) is 100 Å². The highest BCUT2D eigenvalue weighted by atomic mass is 16.6. The highest BCUT2D eigenvalue weighted by Crippen LogP contribution is 2.42. The smallest absolute Gasteiger partial charge is 0.407 e. The van der Waals surface area contributed by atoms with E-state index in [1.54, 1.807) is 6.20 Å². The fourth-order valence-electron chi connectivity index (χ4n) is 5.09. The Balaban J connectivity index is 1.26. The molecule has 30 heavy (non-hydrogen) atoms. The van der Waals surface area contributed by atoms with E-state index in [1.807, 2.05) is 12.3 Å². The van der Waals surface area contributed by atoms with Gasteiger partial charge in [-0.15, -0.1) is 10.2 Å². The molecule has 0 spiro atoms. The summed E-state index contributed by atoms with van der Waals surface area (Å²) in [4.78, 5) is 22.2. The zero-order valence-electron chi connectivity index (χ0n) is 17.4. The Kier molecular flexibility index (Phi) is 5.28.